The molecule has 1 N–H and O–H groups in total. The van der Waals surface area contributed by atoms with Crippen LogP contribution in [0.4, 0.5) is 5.82 Å². The van der Waals surface area contributed by atoms with E-state index in [1.807, 2.05) is 24.4 Å². The van der Waals surface area contributed by atoms with Crippen molar-refractivity contribution in [3.8, 4) is 0 Å². The Morgan fingerprint density at radius 1 is 1.33 bits per heavy atom. The molecule has 0 fully saturated rings. The summed E-state index contributed by atoms with van der Waals surface area (Å²) in [5, 5.41) is 3.41. The molecule has 0 saturated heterocycles. The second-order valence-electron chi connectivity index (χ2n) is 4.15. The second kappa shape index (κ2) is 8.48. The number of aromatic nitrogens is 1. The minimum Gasteiger partial charge on any atom is -0.349 e. The van der Waals surface area contributed by atoms with Gasteiger partial charge >= 0.3 is 0 Å². The molecule has 98 valence electrons. The highest BCUT2D eigenvalue weighted by molar-refractivity contribution is 5.47. The third-order valence-corrected chi connectivity index (χ3v) is 2.61. The van der Waals surface area contributed by atoms with Gasteiger partial charge in [-0.2, -0.15) is 0 Å². The van der Waals surface area contributed by atoms with Gasteiger partial charge in [0.2, 0.25) is 0 Å². The van der Waals surface area contributed by atoms with Crippen LogP contribution in [0.15, 0.2) is 43.6 Å². The molecule has 0 radical (unpaired) electrons. The van der Waals surface area contributed by atoms with Gasteiger partial charge in [0.05, 0.1) is 0 Å². The molecule has 18 heavy (non-hydrogen) atoms. The molecular weight excluding hydrogens is 222 g/mol. The van der Waals surface area contributed by atoms with Crippen LogP contribution >= 0.6 is 0 Å². The fraction of sp³-hybridized carbons (Fsp3) is 0.400. The van der Waals surface area contributed by atoms with E-state index in [9.17, 15) is 0 Å². The van der Waals surface area contributed by atoms with Gasteiger partial charge in [-0.3, -0.25) is 0 Å². The van der Waals surface area contributed by atoms with Crippen molar-refractivity contribution in [2.24, 2.45) is 0 Å². The van der Waals surface area contributed by atoms with Crippen LogP contribution in [0, 0.1) is 0 Å². The van der Waals surface area contributed by atoms with E-state index < -0.39 is 0 Å². The molecule has 0 saturated carbocycles. The molecule has 0 spiro atoms. The van der Waals surface area contributed by atoms with E-state index in [-0.39, 0.29) is 0 Å². The van der Waals surface area contributed by atoms with Crippen LogP contribution in [0.5, 0.6) is 0 Å². The highest BCUT2D eigenvalue weighted by Gasteiger charge is 2.09. The van der Waals surface area contributed by atoms with Gasteiger partial charge in [0.25, 0.3) is 0 Å². The maximum Gasteiger partial charge on any atom is 0.133 e. The number of nitrogens with one attached hydrogen (secondary N) is 1. The van der Waals surface area contributed by atoms with Crippen LogP contribution in [-0.4, -0.2) is 24.6 Å². The first-order chi connectivity index (χ1) is 8.83. The largest absolute Gasteiger partial charge is 0.349 e. The van der Waals surface area contributed by atoms with Crippen molar-refractivity contribution < 1.29 is 0 Å². The first-order valence-corrected chi connectivity index (χ1v) is 6.44. The summed E-state index contributed by atoms with van der Waals surface area (Å²) in [6.07, 6.45) is 6.75. The molecule has 0 aliphatic carbocycles. The maximum atomic E-state index is 4.49. The lowest BCUT2D eigenvalue weighted by Crippen LogP contribution is -2.26. The van der Waals surface area contributed by atoms with Crippen LogP contribution in [0.3, 0.4) is 0 Å². The first-order valence-electron chi connectivity index (χ1n) is 6.44. The van der Waals surface area contributed by atoms with Crippen molar-refractivity contribution in [2.45, 2.75) is 19.9 Å². The first kappa shape index (κ1) is 14.5. The lowest BCUT2D eigenvalue weighted by molar-refractivity contribution is 0.672. The highest BCUT2D eigenvalue weighted by atomic mass is 15.2. The molecule has 1 aromatic rings. The lowest BCUT2D eigenvalue weighted by Gasteiger charge is -2.23. The summed E-state index contributed by atoms with van der Waals surface area (Å²) in [4.78, 5) is 6.65. The predicted molar refractivity (Wildman–Crippen MR) is 78.8 cm³/mol. The molecule has 0 aliphatic heterocycles. The number of hydrogen-bond donors (Lipinski definition) is 1. The van der Waals surface area contributed by atoms with Gasteiger partial charge in [-0.05, 0) is 19.0 Å². The average molecular weight is 245 g/mol. The van der Waals surface area contributed by atoms with E-state index in [0.29, 0.717) is 0 Å². The number of anilines is 1. The van der Waals surface area contributed by atoms with Gasteiger partial charge < -0.3 is 10.2 Å². The zero-order valence-corrected chi connectivity index (χ0v) is 11.2. The highest BCUT2D eigenvalue weighted by Crippen LogP contribution is 2.16. The van der Waals surface area contributed by atoms with E-state index in [1.54, 1.807) is 0 Å². The second-order valence-corrected chi connectivity index (χ2v) is 4.15. The SMILES string of the molecule is C=CCN(CC=C)c1ncccc1CNCCC. The van der Waals surface area contributed by atoms with Crippen LogP contribution in [0.2, 0.25) is 0 Å². The third-order valence-electron chi connectivity index (χ3n) is 2.61. The molecule has 0 atom stereocenters. The Morgan fingerprint density at radius 3 is 2.67 bits per heavy atom. The standard InChI is InChI=1S/C15H23N3/c1-4-9-16-13-14-8-7-10-17-15(14)18(11-5-2)12-6-3/h5-8,10,16H,2-4,9,11-13H2,1H3. The van der Waals surface area contributed by atoms with E-state index >= 15 is 0 Å². The molecule has 3 heteroatoms. The summed E-state index contributed by atoms with van der Waals surface area (Å²) in [7, 11) is 0. The van der Waals surface area contributed by atoms with Gasteiger partial charge in [0.15, 0.2) is 0 Å². The fourth-order valence-electron chi connectivity index (χ4n) is 1.81. The van der Waals surface area contributed by atoms with E-state index in [0.717, 1.165) is 38.4 Å². The number of rotatable bonds is 9. The molecule has 0 bridgehead atoms. The number of pyridine rings is 1. The zero-order chi connectivity index (χ0) is 13.2. The Bertz CT molecular complexity index is 364. The van der Waals surface area contributed by atoms with Crippen molar-refractivity contribution >= 4 is 5.82 Å². The van der Waals surface area contributed by atoms with Crippen molar-refractivity contribution in [3.05, 3.63) is 49.2 Å². The summed E-state index contributed by atoms with van der Waals surface area (Å²) in [5.41, 5.74) is 1.22. The van der Waals surface area contributed by atoms with Crippen LogP contribution in [-0.2, 0) is 6.54 Å². The molecule has 3 nitrogen and oxygen atoms in total. The molecule has 1 rings (SSSR count). The van der Waals surface area contributed by atoms with E-state index in [1.165, 1.54) is 5.56 Å². The van der Waals surface area contributed by atoms with Gasteiger partial charge in [-0.25, -0.2) is 4.98 Å². The fourth-order valence-corrected chi connectivity index (χ4v) is 1.81. The summed E-state index contributed by atoms with van der Waals surface area (Å²) >= 11 is 0. The molecular formula is C15H23N3. The van der Waals surface area contributed by atoms with E-state index in [4.69, 9.17) is 0 Å². The van der Waals surface area contributed by atoms with E-state index in [2.05, 4.69) is 41.3 Å². The van der Waals surface area contributed by atoms with Crippen molar-refractivity contribution in [3.63, 3.8) is 0 Å². The van der Waals surface area contributed by atoms with Crippen LogP contribution in [0.25, 0.3) is 0 Å². The molecule has 1 heterocycles. The minimum absolute atomic E-state index is 0.782. The Balaban J connectivity index is 2.83. The monoisotopic (exact) mass is 245 g/mol. The lowest BCUT2D eigenvalue weighted by atomic mass is 10.2. The quantitative estimate of drug-likeness (QED) is 0.535. The zero-order valence-electron chi connectivity index (χ0n) is 11.2. The Hall–Kier alpha value is -1.61. The summed E-state index contributed by atoms with van der Waals surface area (Å²) in [6.45, 7) is 13.2. The smallest absolute Gasteiger partial charge is 0.133 e. The van der Waals surface area contributed by atoms with Gasteiger partial charge in [0.1, 0.15) is 5.82 Å². The normalized spacial score (nSPS) is 10.1. The summed E-state index contributed by atoms with van der Waals surface area (Å²) in [6, 6.07) is 4.09. The Kier molecular flexibility index (Phi) is 6.81. The number of hydrogen-bond acceptors (Lipinski definition) is 3. The molecule has 0 aromatic carbocycles. The summed E-state index contributed by atoms with van der Waals surface area (Å²) < 4.78 is 0. The molecule has 0 unspecified atom stereocenters. The van der Waals surface area contributed by atoms with Crippen molar-refractivity contribution in [1.29, 1.82) is 0 Å². The van der Waals surface area contributed by atoms with Crippen molar-refractivity contribution in [2.75, 3.05) is 24.5 Å². The summed E-state index contributed by atoms with van der Waals surface area (Å²) in [5.74, 6) is 1.01. The predicted octanol–water partition coefficient (Wildman–Crippen LogP) is 2.76. The maximum absolute atomic E-state index is 4.49. The molecule has 0 aliphatic rings. The molecule has 0 amide bonds. The molecule has 1 aromatic heterocycles. The van der Waals surface area contributed by atoms with Gasteiger partial charge in [-0.1, -0.05) is 25.1 Å². The third kappa shape index (κ3) is 4.34. The van der Waals surface area contributed by atoms with Crippen LogP contribution < -0.4 is 10.2 Å². The van der Waals surface area contributed by atoms with Gasteiger partial charge in [-0.15, -0.1) is 13.2 Å². The van der Waals surface area contributed by atoms with Gasteiger partial charge in [0, 0.05) is 31.4 Å². The number of nitrogens with zero attached hydrogens (tertiary/aromatic N) is 2. The average Bonchev–Trinajstić information content (AvgIpc) is 2.39. The van der Waals surface area contributed by atoms with Crippen LogP contribution in [0.1, 0.15) is 18.9 Å². The van der Waals surface area contributed by atoms with Crippen molar-refractivity contribution in [1.82, 2.24) is 10.3 Å². The Labute approximate surface area is 110 Å². The topological polar surface area (TPSA) is 28.2 Å². The Morgan fingerprint density at radius 2 is 2.06 bits per heavy atom. The minimum atomic E-state index is 0.782.